The maximum atomic E-state index is 13.6. The smallest absolute Gasteiger partial charge is 0.267 e. The molecule has 0 saturated carbocycles. The van der Waals surface area contributed by atoms with E-state index in [0.717, 1.165) is 6.33 Å². The van der Waals surface area contributed by atoms with Gasteiger partial charge in [0.15, 0.2) is 5.82 Å². The number of amides is 1. The Morgan fingerprint density at radius 3 is 2.77 bits per heavy atom. The molecule has 152 valence electrons. The number of aromatic nitrogens is 3. The van der Waals surface area contributed by atoms with Crippen LogP contribution < -0.4 is 5.73 Å². The molecular formula is C21H17F2N5O2. The van der Waals surface area contributed by atoms with E-state index in [2.05, 4.69) is 26.8 Å². The summed E-state index contributed by atoms with van der Waals surface area (Å²) in [7, 11) is 1.60. The van der Waals surface area contributed by atoms with E-state index >= 15 is 0 Å². The van der Waals surface area contributed by atoms with E-state index in [9.17, 15) is 18.7 Å². The van der Waals surface area contributed by atoms with Gasteiger partial charge in [-0.3, -0.25) is 4.79 Å². The Morgan fingerprint density at radius 2 is 2.07 bits per heavy atom. The second kappa shape index (κ2) is 7.31. The number of pyridine rings is 1. The average Bonchev–Trinajstić information content (AvgIpc) is 3.00. The molecule has 1 amide bonds. The van der Waals surface area contributed by atoms with Crippen molar-refractivity contribution in [2.24, 2.45) is 0 Å². The number of fused-ring (bicyclic) bond motifs is 1. The fraction of sp³-hybridized carbons (Fsp3) is 0.238. The molecule has 9 heteroatoms. The minimum Gasteiger partial charge on any atom is -0.382 e. The van der Waals surface area contributed by atoms with Crippen LogP contribution in [0.4, 0.5) is 14.6 Å². The highest BCUT2D eigenvalue weighted by Gasteiger charge is 2.42. The third-order valence-corrected chi connectivity index (χ3v) is 4.97. The number of hydrogen-bond donors (Lipinski definition) is 2. The average molecular weight is 409 g/mol. The zero-order chi connectivity index (χ0) is 21.5. The first-order valence-electron chi connectivity index (χ1n) is 9.09. The Kier molecular flexibility index (Phi) is 4.79. The molecule has 1 aliphatic rings. The maximum absolute atomic E-state index is 13.6. The van der Waals surface area contributed by atoms with Crippen molar-refractivity contribution in [1.29, 1.82) is 0 Å². The summed E-state index contributed by atoms with van der Waals surface area (Å²) in [5.41, 5.74) is 5.18. The molecule has 1 fully saturated rings. The fourth-order valence-corrected chi connectivity index (χ4v) is 3.30. The molecule has 0 bridgehead atoms. The number of likely N-dealkylation sites (N-methyl/N-ethyl adjacent to an activating group) is 1. The number of likely N-dealkylation sites (tertiary alicyclic amines) is 1. The van der Waals surface area contributed by atoms with E-state index < -0.39 is 17.9 Å². The number of aliphatic hydroxyl groups is 1. The number of benzene rings is 1. The first kappa shape index (κ1) is 19.7. The van der Waals surface area contributed by atoms with Crippen LogP contribution in [0.2, 0.25) is 0 Å². The molecule has 0 unspecified atom stereocenters. The number of anilines is 1. The summed E-state index contributed by atoms with van der Waals surface area (Å²) in [4.78, 5) is 25.6. The Balaban J connectivity index is 1.77. The van der Waals surface area contributed by atoms with Crippen LogP contribution in [-0.4, -0.2) is 50.1 Å². The monoisotopic (exact) mass is 409 g/mol. The van der Waals surface area contributed by atoms with Crippen molar-refractivity contribution in [1.82, 2.24) is 19.9 Å². The van der Waals surface area contributed by atoms with Gasteiger partial charge in [0.05, 0.1) is 5.69 Å². The van der Waals surface area contributed by atoms with Crippen molar-refractivity contribution < 1.29 is 18.7 Å². The third kappa shape index (κ3) is 3.42. The number of nitrogens with two attached hydrogens (primary N) is 1. The van der Waals surface area contributed by atoms with Gasteiger partial charge in [0.25, 0.3) is 12.3 Å². The first-order chi connectivity index (χ1) is 14.3. The van der Waals surface area contributed by atoms with Crippen LogP contribution in [0.25, 0.3) is 22.3 Å². The lowest BCUT2D eigenvalue weighted by Crippen LogP contribution is -2.37. The van der Waals surface area contributed by atoms with E-state index in [1.807, 2.05) is 0 Å². The van der Waals surface area contributed by atoms with Crippen LogP contribution in [0.3, 0.4) is 0 Å². The molecule has 2 aromatic heterocycles. The second-order valence-corrected chi connectivity index (χ2v) is 7.02. The van der Waals surface area contributed by atoms with Crippen molar-refractivity contribution >= 4 is 22.8 Å². The van der Waals surface area contributed by atoms with E-state index in [-0.39, 0.29) is 34.5 Å². The van der Waals surface area contributed by atoms with Gasteiger partial charge < -0.3 is 15.7 Å². The lowest BCUT2D eigenvalue weighted by molar-refractivity contribution is -0.137. The van der Waals surface area contributed by atoms with E-state index in [1.165, 1.54) is 11.0 Å². The quantitative estimate of drug-likeness (QED) is 0.629. The molecule has 0 aliphatic carbocycles. The van der Waals surface area contributed by atoms with Crippen LogP contribution in [0.5, 0.6) is 0 Å². The van der Waals surface area contributed by atoms with Gasteiger partial charge in [-0.05, 0) is 18.2 Å². The molecule has 3 heterocycles. The molecule has 1 aliphatic heterocycles. The van der Waals surface area contributed by atoms with Gasteiger partial charge in [-0.15, -0.1) is 0 Å². The normalized spacial score (nSPS) is 18.7. The van der Waals surface area contributed by atoms with Crippen molar-refractivity contribution in [2.75, 3.05) is 19.3 Å². The van der Waals surface area contributed by atoms with Crippen molar-refractivity contribution in [3.05, 3.63) is 47.8 Å². The highest BCUT2D eigenvalue weighted by atomic mass is 19.3. The topological polar surface area (TPSA) is 105 Å². The van der Waals surface area contributed by atoms with Gasteiger partial charge in [0, 0.05) is 36.7 Å². The lowest BCUT2D eigenvalue weighted by Gasteiger charge is -2.13. The molecular weight excluding hydrogens is 392 g/mol. The Hall–Kier alpha value is -3.64. The van der Waals surface area contributed by atoms with Gasteiger partial charge in [-0.2, -0.15) is 0 Å². The Morgan fingerprint density at radius 1 is 1.27 bits per heavy atom. The SMILES string of the molecule is CN1CC[C@@](O)(C#Cc2cccc(-c3cc(C(F)F)c4ncnc(N)c4n3)c2)C1=O. The number of alkyl halides is 2. The first-order valence-corrected chi connectivity index (χ1v) is 9.09. The fourth-order valence-electron chi connectivity index (χ4n) is 3.30. The molecule has 1 atom stereocenters. The van der Waals surface area contributed by atoms with Crippen molar-refractivity contribution in [3.8, 4) is 23.1 Å². The second-order valence-electron chi connectivity index (χ2n) is 7.02. The number of halogens is 2. The molecule has 1 aromatic carbocycles. The van der Waals surface area contributed by atoms with Crippen molar-refractivity contribution in [3.63, 3.8) is 0 Å². The molecule has 1 saturated heterocycles. The summed E-state index contributed by atoms with van der Waals surface area (Å²) in [5.74, 6) is 5.00. The number of rotatable bonds is 2. The minimum atomic E-state index is -2.77. The molecule has 0 spiro atoms. The molecule has 3 aromatic rings. The summed E-state index contributed by atoms with van der Waals surface area (Å²) in [6, 6.07) is 7.97. The lowest BCUT2D eigenvalue weighted by atomic mass is 10.0. The maximum Gasteiger partial charge on any atom is 0.267 e. The Labute approximate surface area is 170 Å². The zero-order valence-electron chi connectivity index (χ0n) is 15.9. The van der Waals surface area contributed by atoms with E-state index in [4.69, 9.17) is 5.73 Å². The number of carbonyl (C=O) groups excluding carboxylic acids is 1. The van der Waals surface area contributed by atoms with Gasteiger partial charge in [0.1, 0.15) is 17.4 Å². The molecule has 30 heavy (non-hydrogen) atoms. The summed E-state index contributed by atoms with van der Waals surface area (Å²) in [6.07, 6.45) is -1.43. The molecule has 3 N–H and O–H groups in total. The number of hydrogen-bond acceptors (Lipinski definition) is 6. The Bertz CT molecular complexity index is 1220. The van der Waals surface area contributed by atoms with Gasteiger partial charge in [0.2, 0.25) is 5.60 Å². The highest BCUT2D eigenvalue weighted by molar-refractivity contribution is 5.91. The summed E-state index contributed by atoms with van der Waals surface area (Å²) < 4.78 is 27.2. The summed E-state index contributed by atoms with van der Waals surface area (Å²) in [6.45, 7) is 0.422. The molecule has 0 radical (unpaired) electrons. The van der Waals surface area contributed by atoms with Crippen LogP contribution in [0.15, 0.2) is 36.7 Å². The van der Waals surface area contributed by atoms with Crippen LogP contribution in [0.1, 0.15) is 24.0 Å². The van der Waals surface area contributed by atoms with Gasteiger partial charge >= 0.3 is 0 Å². The van der Waals surface area contributed by atoms with E-state index in [0.29, 0.717) is 17.7 Å². The predicted octanol–water partition coefficient (Wildman–Crippen LogP) is 2.16. The predicted molar refractivity (Wildman–Crippen MR) is 106 cm³/mol. The largest absolute Gasteiger partial charge is 0.382 e. The van der Waals surface area contributed by atoms with Crippen molar-refractivity contribution in [2.45, 2.75) is 18.4 Å². The summed E-state index contributed by atoms with van der Waals surface area (Å²) >= 11 is 0. The van der Waals surface area contributed by atoms with Gasteiger partial charge in [-0.25, -0.2) is 23.7 Å². The molecule has 7 nitrogen and oxygen atoms in total. The number of nitrogen functional groups attached to an aromatic ring is 1. The standard InChI is InChI=1S/C21H17F2N5O2/c1-28-8-7-21(30,20(28)29)6-5-12-3-2-4-13(9-12)15-10-14(18(22)23)16-17(27-15)19(24)26-11-25-16/h2-4,9-11,18,30H,7-8H2,1H3,(H2,24,25,26)/t21-/m0/s1. The number of carbonyl (C=O) groups is 1. The number of nitrogens with zero attached hydrogens (tertiary/aromatic N) is 4. The zero-order valence-corrected chi connectivity index (χ0v) is 15.9. The minimum absolute atomic E-state index is 0.00304. The summed E-state index contributed by atoms with van der Waals surface area (Å²) in [5, 5.41) is 10.4. The third-order valence-electron chi connectivity index (χ3n) is 4.97. The van der Waals surface area contributed by atoms with Crippen LogP contribution in [-0.2, 0) is 4.79 Å². The van der Waals surface area contributed by atoms with Gasteiger partial charge in [-0.1, -0.05) is 24.0 Å². The van der Waals surface area contributed by atoms with E-state index in [1.54, 1.807) is 31.3 Å². The highest BCUT2D eigenvalue weighted by Crippen LogP contribution is 2.31. The molecule has 4 rings (SSSR count). The van der Waals surface area contributed by atoms with Crippen LogP contribution >= 0.6 is 0 Å². The van der Waals surface area contributed by atoms with Crippen LogP contribution in [0, 0.1) is 11.8 Å².